The van der Waals surface area contributed by atoms with E-state index in [1.165, 1.54) is 16.7 Å². The maximum absolute atomic E-state index is 5.18. The maximum Gasteiger partial charge on any atom is 0.118 e. The zero-order valence-corrected chi connectivity index (χ0v) is 12.6. The largest absolute Gasteiger partial charge is 0.497 e. The highest BCUT2D eigenvalue weighted by Gasteiger charge is 2.06. The van der Waals surface area contributed by atoms with E-state index in [4.69, 9.17) is 9.73 Å². The Hall–Kier alpha value is -2.09. The number of rotatable bonds is 4. The van der Waals surface area contributed by atoms with Crippen LogP contribution in [0.1, 0.15) is 36.6 Å². The third kappa shape index (κ3) is 3.27. The Labute approximate surface area is 121 Å². The van der Waals surface area contributed by atoms with Crippen molar-refractivity contribution in [1.29, 1.82) is 0 Å². The molecule has 2 rings (SSSR count). The lowest BCUT2D eigenvalue weighted by Crippen LogP contribution is -2.01. The van der Waals surface area contributed by atoms with Crippen LogP contribution in [0.5, 0.6) is 5.75 Å². The number of aliphatic imine (C=N–C) groups is 1. The lowest BCUT2D eigenvalue weighted by atomic mass is 10.0. The lowest BCUT2D eigenvalue weighted by Gasteiger charge is -2.11. The standard InChI is InChI=1S/C18H21NO/c1-13-7-5-6-8-18(13)15(3)19-14(2)16-9-11-17(20-4)12-10-16/h5-12,14H,1-4H3. The molecule has 0 spiro atoms. The van der Waals surface area contributed by atoms with Gasteiger partial charge in [-0.3, -0.25) is 4.99 Å². The minimum Gasteiger partial charge on any atom is -0.497 e. The zero-order chi connectivity index (χ0) is 14.5. The van der Waals surface area contributed by atoms with E-state index in [2.05, 4.69) is 57.2 Å². The van der Waals surface area contributed by atoms with E-state index in [9.17, 15) is 0 Å². The maximum atomic E-state index is 5.18. The molecule has 0 saturated carbocycles. The highest BCUT2D eigenvalue weighted by Crippen LogP contribution is 2.21. The molecule has 0 aliphatic heterocycles. The summed E-state index contributed by atoms with van der Waals surface area (Å²) >= 11 is 0. The van der Waals surface area contributed by atoms with E-state index in [1.807, 2.05) is 12.1 Å². The summed E-state index contributed by atoms with van der Waals surface area (Å²) < 4.78 is 5.18. The molecule has 104 valence electrons. The molecule has 0 bridgehead atoms. The molecule has 0 aliphatic rings. The minimum atomic E-state index is 0.139. The van der Waals surface area contributed by atoms with E-state index in [0.717, 1.165) is 11.5 Å². The number of hydrogen-bond acceptors (Lipinski definition) is 2. The summed E-state index contributed by atoms with van der Waals surface area (Å²) in [7, 11) is 1.68. The van der Waals surface area contributed by atoms with E-state index >= 15 is 0 Å². The number of ether oxygens (including phenoxy) is 1. The van der Waals surface area contributed by atoms with E-state index in [-0.39, 0.29) is 6.04 Å². The van der Waals surface area contributed by atoms with Crippen LogP contribution in [0.15, 0.2) is 53.5 Å². The molecule has 0 aliphatic carbocycles. The Bertz CT molecular complexity index is 599. The lowest BCUT2D eigenvalue weighted by molar-refractivity contribution is 0.414. The molecule has 20 heavy (non-hydrogen) atoms. The Kier molecular flexibility index (Phi) is 4.57. The summed E-state index contributed by atoms with van der Waals surface area (Å²) in [5.74, 6) is 0.876. The van der Waals surface area contributed by atoms with Crippen LogP contribution in [0.2, 0.25) is 0 Å². The molecule has 0 amide bonds. The van der Waals surface area contributed by atoms with E-state index < -0.39 is 0 Å². The molecular weight excluding hydrogens is 246 g/mol. The molecule has 2 aromatic rings. The monoisotopic (exact) mass is 267 g/mol. The SMILES string of the molecule is COc1ccc(C(C)N=C(C)c2ccccc2C)cc1. The van der Waals surface area contributed by atoms with Crippen LogP contribution in [0.4, 0.5) is 0 Å². The predicted molar refractivity (Wildman–Crippen MR) is 84.8 cm³/mol. The van der Waals surface area contributed by atoms with Crippen LogP contribution in [0, 0.1) is 6.92 Å². The second-order valence-corrected chi connectivity index (χ2v) is 4.98. The van der Waals surface area contributed by atoms with Crippen molar-refractivity contribution in [1.82, 2.24) is 0 Å². The molecular formula is C18H21NO. The van der Waals surface area contributed by atoms with Crippen molar-refractivity contribution in [2.45, 2.75) is 26.8 Å². The van der Waals surface area contributed by atoms with Gasteiger partial charge in [-0.1, -0.05) is 36.4 Å². The number of nitrogens with zero attached hydrogens (tertiary/aromatic N) is 1. The summed E-state index contributed by atoms with van der Waals surface area (Å²) in [4.78, 5) is 4.81. The van der Waals surface area contributed by atoms with Gasteiger partial charge in [0.05, 0.1) is 13.2 Å². The first-order valence-electron chi connectivity index (χ1n) is 6.86. The second-order valence-electron chi connectivity index (χ2n) is 4.98. The molecule has 0 aromatic heterocycles. The van der Waals surface area contributed by atoms with E-state index in [0.29, 0.717) is 0 Å². The fourth-order valence-electron chi connectivity index (χ4n) is 2.30. The first kappa shape index (κ1) is 14.3. The van der Waals surface area contributed by atoms with Crippen molar-refractivity contribution < 1.29 is 4.74 Å². The third-order valence-electron chi connectivity index (χ3n) is 3.52. The van der Waals surface area contributed by atoms with Gasteiger partial charge in [-0.25, -0.2) is 0 Å². The smallest absolute Gasteiger partial charge is 0.118 e. The predicted octanol–water partition coefficient (Wildman–Crippen LogP) is 4.57. The number of aryl methyl sites for hydroxylation is 1. The summed E-state index contributed by atoms with van der Waals surface area (Å²) in [6.07, 6.45) is 0. The molecule has 0 radical (unpaired) electrons. The van der Waals surface area contributed by atoms with Crippen molar-refractivity contribution in [3.63, 3.8) is 0 Å². The quantitative estimate of drug-likeness (QED) is 0.743. The first-order chi connectivity index (χ1) is 9.61. The Morgan fingerprint density at radius 1 is 1.05 bits per heavy atom. The molecule has 2 aromatic carbocycles. The molecule has 0 N–H and O–H groups in total. The molecule has 0 heterocycles. The van der Waals surface area contributed by atoms with Crippen molar-refractivity contribution >= 4 is 5.71 Å². The fraction of sp³-hybridized carbons (Fsp3) is 0.278. The Balaban J connectivity index is 2.22. The van der Waals surface area contributed by atoms with Gasteiger partial charge in [0, 0.05) is 5.71 Å². The van der Waals surface area contributed by atoms with Crippen LogP contribution in [-0.4, -0.2) is 12.8 Å². The highest BCUT2D eigenvalue weighted by atomic mass is 16.5. The molecule has 0 saturated heterocycles. The average molecular weight is 267 g/mol. The van der Waals surface area contributed by atoms with Gasteiger partial charge < -0.3 is 4.74 Å². The van der Waals surface area contributed by atoms with Gasteiger partial charge in [-0.05, 0) is 49.6 Å². The van der Waals surface area contributed by atoms with Gasteiger partial charge >= 0.3 is 0 Å². The Morgan fingerprint density at radius 2 is 1.70 bits per heavy atom. The van der Waals surface area contributed by atoms with Crippen molar-refractivity contribution in [3.05, 3.63) is 65.2 Å². The van der Waals surface area contributed by atoms with Crippen molar-refractivity contribution in [2.24, 2.45) is 4.99 Å². The molecule has 2 nitrogen and oxygen atoms in total. The summed E-state index contributed by atoms with van der Waals surface area (Å²) in [5.41, 5.74) is 4.74. The average Bonchev–Trinajstić information content (AvgIpc) is 2.47. The normalized spacial score (nSPS) is 13.1. The molecule has 2 heteroatoms. The number of methoxy groups -OCH3 is 1. The van der Waals surface area contributed by atoms with Crippen LogP contribution >= 0.6 is 0 Å². The van der Waals surface area contributed by atoms with Gasteiger partial charge in [-0.2, -0.15) is 0 Å². The van der Waals surface area contributed by atoms with Gasteiger partial charge in [0.25, 0.3) is 0 Å². The number of hydrogen-bond donors (Lipinski definition) is 0. The van der Waals surface area contributed by atoms with Gasteiger partial charge in [0.2, 0.25) is 0 Å². The van der Waals surface area contributed by atoms with Crippen LogP contribution in [-0.2, 0) is 0 Å². The second kappa shape index (κ2) is 6.38. The summed E-state index contributed by atoms with van der Waals surface area (Å²) in [5, 5.41) is 0. The molecule has 0 fully saturated rings. The van der Waals surface area contributed by atoms with Gasteiger partial charge in [-0.15, -0.1) is 0 Å². The van der Waals surface area contributed by atoms with Gasteiger partial charge in [0.1, 0.15) is 5.75 Å². The minimum absolute atomic E-state index is 0.139. The first-order valence-corrected chi connectivity index (χ1v) is 6.86. The Morgan fingerprint density at radius 3 is 2.30 bits per heavy atom. The zero-order valence-electron chi connectivity index (χ0n) is 12.6. The van der Waals surface area contributed by atoms with Crippen LogP contribution in [0.3, 0.4) is 0 Å². The molecule has 1 unspecified atom stereocenters. The third-order valence-corrected chi connectivity index (χ3v) is 3.52. The highest BCUT2D eigenvalue weighted by molar-refractivity contribution is 6.00. The van der Waals surface area contributed by atoms with Crippen LogP contribution < -0.4 is 4.74 Å². The van der Waals surface area contributed by atoms with Crippen molar-refractivity contribution in [2.75, 3.05) is 7.11 Å². The molecule has 1 atom stereocenters. The van der Waals surface area contributed by atoms with Gasteiger partial charge in [0.15, 0.2) is 0 Å². The summed E-state index contributed by atoms with van der Waals surface area (Å²) in [6, 6.07) is 16.6. The number of benzene rings is 2. The fourth-order valence-corrected chi connectivity index (χ4v) is 2.30. The van der Waals surface area contributed by atoms with Crippen molar-refractivity contribution in [3.8, 4) is 5.75 Å². The topological polar surface area (TPSA) is 21.6 Å². The van der Waals surface area contributed by atoms with Crippen LogP contribution in [0.25, 0.3) is 0 Å². The van der Waals surface area contributed by atoms with E-state index in [1.54, 1.807) is 7.11 Å². The summed E-state index contributed by atoms with van der Waals surface area (Å²) in [6.45, 7) is 6.30.